The third kappa shape index (κ3) is 3.31. The van der Waals surface area contributed by atoms with E-state index in [-0.39, 0.29) is 12.5 Å². The summed E-state index contributed by atoms with van der Waals surface area (Å²) in [5, 5.41) is 5.36. The number of nitrogens with zero attached hydrogens (tertiary/aromatic N) is 1. The van der Waals surface area contributed by atoms with E-state index in [0.717, 1.165) is 17.7 Å². The Balaban J connectivity index is 1.81. The van der Waals surface area contributed by atoms with Gasteiger partial charge in [0.15, 0.2) is 11.5 Å². The molecule has 0 aromatic heterocycles. The third-order valence-corrected chi connectivity index (χ3v) is 4.47. The first-order valence-electron chi connectivity index (χ1n) is 8.76. The first kappa shape index (κ1) is 18.0. The first-order valence-corrected chi connectivity index (χ1v) is 8.76. The van der Waals surface area contributed by atoms with Crippen molar-refractivity contribution in [2.24, 2.45) is 0 Å². The molecule has 0 bridgehead atoms. The molecule has 1 saturated heterocycles. The zero-order valence-corrected chi connectivity index (χ0v) is 15.0. The molecular weight excluding hydrogens is 338 g/mol. The standard InChI is InChI=1S/C18H23N3O5/c1-3-7-19-15(22)11-21-16(23)18(2,20-17(21)24)12-5-6-13-14(10-12)26-9-4-8-25-13/h5-6,10H,3-4,7-9,11H2,1-2H3,(H,19,22)(H,20,24)/t18-/m1/s1. The molecule has 0 unspecified atom stereocenters. The van der Waals surface area contributed by atoms with Crippen LogP contribution in [0.3, 0.4) is 0 Å². The van der Waals surface area contributed by atoms with Gasteiger partial charge in [0.1, 0.15) is 12.1 Å². The number of urea groups is 1. The number of amides is 4. The van der Waals surface area contributed by atoms with Crippen LogP contribution in [0, 0.1) is 0 Å². The zero-order valence-electron chi connectivity index (χ0n) is 15.0. The van der Waals surface area contributed by atoms with Crippen molar-refractivity contribution in [1.29, 1.82) is 0 Å². The molecule has 2 heterocycles. The highest BCUT2D eigenvalue weighted by Gasteiger charge is 2.49. The lowest BCUT2D eigenvalue weighted by atomic mass is 9.91. The molecule has 0 aliphatic carbocycles. The molecule has 1 aromatic carbocycles. The summed E-state index contributed by atoms with van der Waals surface area (Å²) in [6.45, 7) is 4.84. The number of benzene rings is 1. The summed E-state index contributed by atoms with van der Waals surface area (Å²) in [6.07, 6.45) is 1.55. The Bertz CT molecular complexity index is 736. The van der Waals surface area contributed by atoms with Crippen molar-refractivity contribution >= 4 is 17.8 Å². The Kier molecular flexibility index (Phi) is 5.01. The minimum Gasteiger partial charge on any atom is -0.490 e. The Hall–Kier alpha value is -2.77. The fourth-order valence-electron chi connectivity index (χ4n) is 2.97. The summed E-state index contributed by atoms with van der Waals surface area (Å²) in [5.41, 5.74) is -0.677. The molecule has 2 aliphatic rings. The minimum atomic E-state index is -1.26. The smallest absolute Gasteiger partial charge is 0.325 e. The Labute approximate surface area is 151 Å². The molecule has 3 rings (SSSR count). The second kappa shape index (κ2) is 7.23. The van der Waals surface area contributed by atoms with Gasteiger partial charge in [0, 0.05) is 13.0 Å². The van der Waals surface area contributed by atoms with E-state index in [9.17, 15) is 14.4 Å². The van der Waals surface area contributed by atoms with Crippen molar-refractivity contribution in [2.75, 3.05) is 26.3 Å². The number of ether oxygens (including phenoxy) is 2. The second-order valence-electron chi connectivity index (χ2n) is 6.51. The highest BCUT2D eigenvalue weighted by Crippen LogP contribution is 2.36. The summed E-state index contributed by atoms with van der Waals surface area (Å²) in [5.74, 6) is 0.326. The lowest BCUT2D eigenvalue weighted by Crippen LogP contribution is -2.43. The molecule has 8 nitrogen and oxygen atoms in total. The topological polar surface area (TPSA) is 97.0 Å². The number of fused-ring (bicyclic) bond motifs is 1. The van der Waals surface area contributed by atoms with Crippen LogP contribution < -0.4 is 20.1 Å². The fourth-order valence-corrected chi connectivity index (χ4v) is 2.97. The van der Waals surface area contributed by atoms with Crippen LogP contribution in [-0.2, 0) is 15.1 Å². The largest absolute Gasteiger partial charge is 0.490 e. The van der Waals surface area contributed by atoms with Gasteiger partial charge in [-0.05, 0) is 31.0 Å². The van der Waals surface area contributed by atoms with Gasteiger partial charge in [-0.2, -0.15) is 0 Å². The number of rotatable bonds is 5. The van der Waals surface area contributed by atoms with Crippen LogP contribution in [0.1, 0.15) is 32.3 Å². The predicted octanol–water partition coefficient (Wildman–Crippen LogP) is 1.14. The SMILES string of the molecule is CCCNC(=O)CN1C(=O)N[C@](C)(c2ccc3c(c2)OCCCO3)C1=O. The minimum absolute atomic E-state index is 0.301. The highest BCUT2D eigenvalue weighted by molar-refractivity contribution is 6.09. The van der Waals surface area contributed by atoms with Crippen LogP contribution in [0.15, 0.2) is 18.2 Å². The van der Waals surface area contributed by atoms with Crippen molar-refractivity contribution in [2.45, 2.75) is 32.2 Å². The van der Waals surface area contributed by atoms with E-state index in [1.165, 1.54) is 0 Å². The van der Waals surface area contributed by atoms with Gasteiger partial charge in [0.2, 0.25) is 5.91 Å². The third-order valence-electron chi connectivity index (χ3n) is 4.47. The van der Waals surface area contributed by atoms with Gasteiger partial charge in [-0.3, -0.25) is 14.5 Å². The van der Waals surface area contributed by atoms with E-state index in [4.69, 9.17) is 9.47 Å². The highest BCUT2D eigenvalue weighted by atomic mass is 16.5. The molecule has 140 valence electrons. The van der Waals surface area contributed by atoms with Gasteiger partial charge in [-0.1, -0.05) is 13.0 Å². The summed E-state index contributed by atoms with van der Waals surface area (Å²) >= 11 is 0. The molecule has 0 spiro atoms. The molecule has 8 heteroatoms. The van der Waals surface area contributed by atoms with Crippen molar-refractivity contribution in [3.63, 3.8) is 0 Å². The average Bonchev–Trinajstić information content (AvgIpc) is 2.80. The van der Waals surface area contributed by atoms with Gasteiger partial charge in [0.25, 0.3) is 5.91 Å². The van der Waals surface area contributed by atoms with Crippen LogP contribution in [0.2, 0.25) is 0 Å². The predicted molar refractivity (Wildman–Crippen MR) is 92.9 cm³/mol. The second-order valence-corrected chi connectivity index (χ2v) is 6.51. The van der Waals surface area contributed by atoms with E-state index < -0.39 is 17.5 Å². The Morgan fingerprint density at radius 3 is 2.73 bits per heavy atom. The lowest BCUT2D eigenvalue weighted by Gasteiger charge is -2.23. The number of imide groups is 1. The lowest BCUT2D eigenvalue weighted by molar-refractivity contribution is -0.134. The molecule has 2 aliphatic heterocycles. The zero-order chi connectivity index (χ0) is 18.7. The van der Waals surface area contributed by atoms with E-state index in [1.807, 2.05) is 6.92 Å². The number of carbonyl (C=O) groups is 3. The van der Waals surface area contributed by atoms with Crippen LogP contribution in [0.4, 0.5) is 4.79 Å². The van der Waals surface area contributed by atoms with Gasteiger partial charge >= 0.3 is 6.03 Å². The molecule has 26 heavy (non-hydrogen) atoms. The maximum absolute atomic E-state index is 12.9. The number of nitrogens with one attached hydrogen (secondary N) is 2. The maximum Gasteiger partial charge on any atom is 0.325 e. The molecule has 1 atom stereocenters. The van der Waals surface area contributed by atoms with E-state index in [1.54, 1.807) is 25.1 Å². The molecule has 0 saturated carbocycles. The Morgan fingerprint density at radius 2 is 2.00 bits per heavy atom. The van der Waals surface area contributed by atoms with Gasteiger partial charge in [-0.15, -0.1) is 0 Å². The average molecular weight is 361 g/mol. The number of carbonyl (C=O) groups excluding carboxylic acids is 3. The van der Waals surface area contributed by atoms with Crippen molar-refractivity contribution in [1.82, 2.24) is 15.5 Å². The van der Waals surface area contributed by atoms with Gasteiger partial charge in [-0.25, -0.2) is 4.79 Å². The van der Waals surface area contributed by atoms with Gasteiger partial charge < -0.3 is 20.1 Å². The summed E-state index contributed by atoms with van der Waals surface area (Å²) in [7, 11) is 0. The Morgan fingerprint density at radius 1 is 1.27 bits per heavy atom. The van der Waals surface area contributed by atoms with Crippen LogP contribution >= 0.6 is 0 Å². The molecule has 1 aromatic rings. The normalized spacial score (nSPS) is 22.0. The number of hydrogen-bond acceptors (Lipinski definition) is 5. The molecular formula is C18H23N3O5. The molecule has 2 N–H and O–H groups in total. The first-order chi connectivity index (χ1) is 12.5. The van der Waals surface area contributed by atoms with Gasteiger partial charge in [0.05, 0.1) is 13.2 Å². The van der Waals surface area contributed by atoms with Crippen molar-refractivity contribution in [3.8, 4) is 11.5 Å². The molecule has 0 radical (unpaired) electrons. The summed E-state index contributed by atoms with van der Waals surface area (Å²) in [6, 6.07) is 4.58. The fraction of sp³-hybridized carbons (Fsp3) is 0.500. The summed E-state index contributed by atoms with van der Waals surface area (Å²) < 4.78 is 11.3. The van der Waals surface area contributed by atoms with Crippen LogP contribution in [0.5, 0.6) is 11.5 Å². The van der Waals surface area contributed by atoms with E-state index in [0.29, 0.717) is 36.8 Å². The number of hydrogen-bond donors (Lipinski definition) is 2. The van der Waals surface area contributed by atoms with E-state index in [2.05, 4.69) is 10.6 Å². The van der Waals surface area contributed by atoms with E-state index >= 15 is 0 Å². The van der Waals surface area contributed by atoms with Crippen molar-refractivity contribution in [3.05, 3.63) is 23.8 Å². The monoisotopic (exact) mass is 361 g/mol. The summed E-state index contributed by atoms with van der Waals surface area (Å²) in [4.78, 5) is 38.0. The molecule has 4 amide bonds. The van der Waals surface area contributed by atoms with Crippen LogP contribution in [0.25, 0.3) is 0 Å². The maximum atomic E-state index is 12.9. The quantitative estimate of drug-likeness (QED) is 0.767. The van der Waals surface area contributed by atoms with Crippen molar-refractivity contribution < 1.29 is 23.9 Å². The van der Waals surface area contributed by atoms with Crippen LogP contribution in [-0.4, -0.2) is 49.0 Å². The molecule has 1 fully saturated rings.